The lowest BCUT2D eigenvalue weighted by molar-refractivity contribution is 0.565. The summed E-state index contributed by atoms with van der Waals surface area (Å²) in [5.41, 5.74) is 8.01. The number of hydrogen-bond donors (Lipinski definition) is 1. The molecule has 0 aliphatic carbocycles. The Morgan fingerprint density at radius 2 is 1.70 bits per heavy atom. The summed E-state index contributed by atoms with van der Waals surface area (Å²) in [7, 11) is 0. The highest BCUT2D eigenvalue weighted by Gasteiger charge is 2.42. The van der Waals surface area contributed by atoms with Crippen molar-refractivity contribution in [1.29, 1.82) is 0 Å². The van der Waals surface area contributed by atoms with Gasteiger partial charge < -0.3 is 14.8 Å². The van der Waals surface area contributed by atoms with Gasteiger partial charge in [-0.1, -0.05) is 40.2 Å². The van der Waals surface area contributed by atoms with Gasteiger partial charge in [-0.15, -0.1) is 0 Å². The first-order valence-electron chi connectivity index (χ1n) is 11.0. The third-order valence-corrected chi connectivity index (χ3v) is 7.04. The fourth-order valence-electron chi connectivity index (χ4n) is 4.83. The summed E-state index contributed by atoms with van der Waals surface area (Å²) >= 11 is 9.51. The number of benzene rings is 2. The SMILES string of the molecule is Cc1cccc(N2C(=S)N[C@@H](c3ccccn3)[C@@H]2c2cc(C)n(-c3cccc(Br)c3)c2C)c1. The maximum Gasteiger partial charge on any atom is 0.174 e. The third kappa shape index (κ3) is 3.98. The van der Waals surface area contributed by atoms with Crippen LogP contribution in [0.3, 0.4) is 0 Å². The molecule has 0 amide bonds. The van der Waals surface area contributed by atoms with Gasteiger partial charge in [0.05, 0.1) is 17.8 Å². The zero-order valence-electron chi connectivity index (χ0n) is 18.8. The summed E-state index contributed by atoms with van der Waals surface area (Å²) in [4.78, 5) is 6.93. The van der Waals surface area contributed by atoms with Gasteiger partial charge in [-0.2, -0.15) is 0 Å². The van der Waals surface area contributed by atoms with E-state index in [4.69, 9.17) is 12.2 Å². The van der Waals surface area contributed by atoms with E-state index in [1.165, 1.54) is 22.5 Å². The van der Waals surface area contributed by atoms with E-state index in [1.54, 1.807) is 0 Å². The quantitative estimate of drug-likeness (QED) is 0.304. The molecule has 2 atom stereocenters. The number of aromatic nitrogens is 2. The minimum atomic E-state index is -0.0596. The molecule has 0 spiro atoms. The number of hydrogen-bond acceptors (Lipinski definition) is 2. The van der Waals surface area contributed by atoms with Crippen LogP contribution in [0.5, 0.6) is 0 Å². The number of halogens is 1. The molecule has 0 bridgehead atoms. The van der Waals surface area contributed by atoms with Gasteiger partial charge in [0.2, 0.25) is 0 Å². The standard InChI is InChI=1S/C27H25BrN4S/c1-17-8-6-10-21(14-17)32-26(25(30-27(32)33)24-12-4-5-13-29-24)23-15-18(2)31(19(23)3)22-11-7-9-20(28)16-22/h4-16,25-26H,1-3H3,(H,30,33)/t25-,26-/m0/s1. The highest BCUT2D eigenvalue weighted by Crippen LogP contribution is 2.43. The fraction of sp³-hybridized carbons (Fsp3) is 0.185. The summed E-state index contributed by atoms with van der Waals surface area (Å²) < 4.78 is 3.37. The van der Waals surface area contributed by atoms with Crippen LogP contribution in [0.25, 0.3) is 5.69 Å². The molecule has 1 aliphatic heterocycles. The highest BCUT2D eigenvalue weighted by molar-refractivity contribution is 9.10. The Labute approximate surface area is 208 Å². The van der Waals surface area contributed by atoms with Gasteiger partial charge in [-0.05, 0) is 92.6 Å². The van der Waals surface area contributed by atoms with Crippen molar-refractivity contribution in [3.8, 4) is 5.69 Å². The molecule has 3 heterocycles. The largest absolute Gasteiger partial charge is 0.351 e. The zero-order chi connectivity index (χ0) is 23.1. The summed E-state index contributed by atoms with van der Waals surface area (Å²) in [6, 6.07) is 25.2. The van der Waals surface area contributed by atoms with Crippen molar-refractivity contribution in [3.63, 3.8) is 0 Å². The molecule has 1 fully saturated rings. The topological polar surface area (TPSA) is 33.1 Å². The maximum atomic E-state index is 5.89. The summed E-state index contributed by atoms with van der Waals surface area (Å²) in [5, 5.41) is 4.29. The van der Waals surface area contributed by atoms with Crippen LogP contribution in [0.2, 0.25) is 0 Å². The van der Waals surface area contributed by atoms with E-state index < -0.39 is 0 Å². The lowest BCUT2D eigenvalue weighted by Gasteiger charge is -2.28. The number of nitrogens with zero attached hydrogens (tertiary/aromatic N) is 3. The van der Waals surface area contributed by atoms with Gasteiger partial charge in [0.25, 0.3) is 0 Å². The molecule has 1 N–H and O–H groups in total. The van der Waals surface area contributed by atoms with Crippen LogP contribution in [0.1, 0.15) is 40.3 Å². The molecular weight excluding hydrogens is 492 g/mol. The van der Waals surface area contributed by atoms with Crippen LogP contribution >= 0.6 is 28.1 Å². The van der Waals surface area contributed by atoms with Crippen molar-refractivity contribution >= 4 is 38.9 Å². The smallest absolute Gasteiger partial charge is 0.174 e. The summed E-state index contributed by atoms with van der Waals surface area (Å²) in [6.45, 7) is 6.46. The van der Waals surface area contributed by atoms with Crippen LogP contribution in [0.15, 0.2) is 83.5 Å². The van der Waals surface area contributed by atoms with Crippen molar-refractivity contribution in [2.24, 2.45) is 0 Å². The predicted molar refractivity (Wildman–Crippen MR) is 142 cm³/mol. The first-order chi connectivity index (χ1) is 15.9. The second-order valence-corrected chi connectivity index (χ2v) is 9.78. The van der Waals surface area contributed by atoms with Crippen LogP contribution in [-0.4, -0.2) is 14.7 Å². The zero-order valence-corrected chi connectivity index (χ0v) is 21.2. The Balaban J connectivity index is 1.69. The second-order valence-electron chi connectivity index (χ2n) is 8.48. The fourth-order valence-corrected chi connectivity index (χ4v) is 5.56. The van der Waals surface area contributed by atoms with E-state index in [2.05, 4.69) is 117 Å². The second kappa shape index (κ2) is 8.76. The number of anilines is 1. The number of pyridine rings is 1. The predicted octanol–water partition coefficient (Wildman–Crippen LogP) is 6.74. The van der Waals surface area contributed by atoms with Gasteiger partial charge in [-0.3, -0.25) is 4.98 Å². The van der Waals surface area contributed by atoms with E-state index >= 15 is 0 Å². The van der Waals surface area contributed by atoms with Gasteiger partial charge in [0.1, 0.15) is 0 Å². The Hall–Kier alpha value is -2.96. The molecule has 2 aromatic heterocycles. The Kier molecular flexibility index (Phi) is 5.81. The Bertz CT molecular complexity index is 1330. The van der Waals surface area contributed by atoms with Crippen molar-refractivity contribution in [2.45, 2.75) is 32.9 Å². The molecule has 1 saturated heterocycles. The van der Waals surface area contributed by atoms with Gasteiger partial charge >= 0.3 is 0 Å². The number of rotatable bonds is 4. The van der Waals surface area contributed by atoms with E-state index in [0.29, 0.717) is 5.11 Å². The van der Waals surface area contributed by atoms with Gasteiger partial charge in [-0.25, -0.2) is 0 Å². The molecule has 6 heteroatoms. The number of nitrogens with one attached hydrogen (secondary N) is 1. The van der Waals surface area contributed by atoms with E-state index in [1.807, 2.05) is 18.3 Å². The first-order valence-corrected chi connectivity index (χ1v) is 12.2. The molecule has 0 saturated carbocycles. The lowest BCUT2D eigenvalue weighted by Crippen LogP contribution is -2.29. The monoisotopic (exact) mass is 516 g/mol. The van der Waals surface area contributed by atoms with E-state index in [9.17, 15) is 0 Å². The Morgan fingerprint density at radius 3 is 2.42 bits per heavy atom. The first kappa shape index (κ1) is 21.9. The molecule has 0 unspecified atom stereocenters. The van der Waals surface area contributed by atoms with Crippen molar-refractivity contribution in [2.75, 3.05) is 4.90 Å². The number of aryl methyl sites for hydroxylation is 2. The maximum absolute atomic E-state index is 5.89. The molecule has 33 heavy (non-hydrogen) atoms. The summed E-state index contributed by atoms with van der Waals surface area (Å²) in [6.07, 6.45) is 1.84. The van der Waals surface area contributed by atoms with E-state index in [0.717, 1.165) is 21.5 Å². The molecular formula is C27H25BrN4S. The summed E-state index contributed by atoms with van der Waals surface area (Å²) in [5.74, 6) is 0. The molecule has 4 aromatic rings. The average molecular weight is 517 g/mol. The van der Waals surface area contributed by atoms with Crippen LogP contribution in [0, 0.1) is 20.8 Å². The molecule has 166 valence electrons. The molecule has 4 nitrogen and oxygen atoms in total. The van der Waals surface area contributed by atoms with Crippen molar-refractivity contribution in [3.05, 3.63) is 112 Å². The lowest BCUT2D eigenvalue weighted by atomic mass is 9.96. The highest BCUT2D eigenvalue weighted by atomic mass is 79.9. The molecule has 5 rings (SSSR count). The number of thiocarbonyl (C=S) groups is 1. The van der Waals surface area contributed by atoms with Gasteiger partial charge in [0, 0.05) is 33.4 Å². The van der Waals surface area contributed by atoms with Crippen molar-refractivity contribution in [1.82, 2.24) is 14.9 Å². The minimum absolute atomic E-state index is 0.0266. The Morgan fingerprint density at radius 1 is 0.909 bits per heavy atom. The van der Waals surface area contributed by atoms with Crippen LogP contribution in [-0.2, 0) is 0 Å². The van der Waals surface area contributed by atoms with Crippen LogP contribution < -0.4 is 10.2 Å². The van der Waals surface area contributed by atoms with Crippen molar-refractivity contribution < 1.29 is 0 Å². The van der Waals surface area contributed by atoms with Crippen LogP contribution in [0.4, 0.5) is 5.69 Å². The average Bonchev–Trinajstić information content (AvgIpc) is 3.29. The minimum Gasteiger partial charge on any atom is -0.351 e. The normalized spacial score (nSPS) is 17.9. The third-order valence-electron chi connectivity index (χ3n) is 6.23. The molecule has 1 aliphatic rings. The van der Waals surface area contributed by atoms with E-state index in [-0.39, 0.29) is 12.1 Å². The molecule has 0 radical (unpaired) electrons. The molecule has 2 aromatic carbocycles. The van der Waals surface area contributed by atoms with Gasteiger partial charge in [0.15, 0.2) is 5.11 Å².